The Morgan fingerprint density at radius 3 is 2.50 bits per heavy atom. The van der Waals surface area contributed by atoms with Gasteiger partial charge >= 0.3 is 5.97 Å². The van der Waals surface area contributed by atoms with Gasteiger partial charge in [0.2, 0.25) is 0 Å². The summed E-state index contributed by atoms with van der Waals surface area (Å²) < 4.78 is 20.4. The summed E-state index contributed by atoms with van der Waals surface area (Å²) in [4.78, 5) is 25.4. The average Bonchev–Trinajstić information content (AvgIpc) is 2.84. The normalized spacial score (nSPS) is 11.6. The number of fused-ring (bicyclic) bond motifs is 1. The fourth-order valence-corrected chi connectivity index (χ4v) is 3.23. The lowest BCUT2D eigenvalue weighted by atomic mass is 10.1. The first-order valence-corrected chi connectivity index (χ1v) is 8.92. The number of phenolic OH excluding ortho intramolecular Hbond substituents is 1. The molecule has 0 spiro atoms. The molecular formula is C22H22FNO4. The van der Waals surface area contributed by atoms with Crippen LogP contribution in [0.15, 0.2) is 42.5 Å². The number of carbonyl (C=O) groups is 2. The van der Waals surface area contributed by atoms with E-state index in [1.807, 2.05) is 0 Å². The second-order valence-corrected chi connectivity index (χ2v) is 7.68. The first-order chi connectivity index (χ1) is 13.1. The molecule has 0 radical (unpaired) electrons. The zero-order chi connectivity index (χ0) is 20.6. The van der Waals surface area contributed by atoms with Crippen molar-refractivity contribution in [3.63, 3.8) is 0 Å². The molecule has 0 saturated carbocycles. The monoisotopic (exact) mass is 383 g/mol. The molecule has 2 aromatic carbocycles. The van der Waals surface area contributed by atoms with Crippen molar-refractivity contribution >= 4 is 22.8 Å². The number of esters is 1. The summed E-state index contributed by atoms with van der Waals surface area (Å²) in [7, 11) is 0. The molecule has 3 rings (SSSR count). The van der Waals surface area contributed by atoms with Gasteiger partial charge in [0.1, 0.15) is 17.2 Å². The van der Waals surface area contributed by atoms with Gasteiger partial charge in [-0.15, -0.1) is 0 Å². The summed E-state index contributed by atoms with van der Waals surface area (Å²) in [6.07, 6.45) is -0.0491. The standard InChI is InChI=1S/C22H22FNO4/c1-13-17(12-20(26)28-22(2,3)4)18-11-16(25)8-9-19(18)24(13)21(27)14-6-5-7-15(23)10-14/h5-11,25H,12H2,1-4H3. The van der Waals surface area contributed by atoms with Crippen LogP contribution in [0.3, 0.4) is 0 Å². The fraction of sp³-hybridized carbons (Fsp3) is 0.273. The van der Waals surface area contributed by atoms with Gasteiger partial charge in [0.05, 0.1) is 11.9 Å². The number of carbonyl (C=O) groups excluding carboxylic acids is 2. The van der Waals surface area contributed by atoms with Crippen LogP contribution in [-0.4, -0.2) is 27.2 Å². The van der Waals surface area contributed by atoms with Crippen molar-refractivity contribution in [2.75, 3.05) is 0 Å². The summed E-state index contributed by atoms with van der Waals surface area (Å²) in [5, 5.41) is 10.5. The van der Waals surface area contributed by atoms with E-state index in [4.69, 9.17) is 4.74 Å². The Hall–Kier alpha value is -3.15. The van der Waals surface area contributed by atoms with Crippen LogP contribution < -0.4 is 0 Å². The molecule has 3 aromatic rings. The number of rotatable bonds is 3. The zero-order valence-electron chi connectivity index (χ0n) is 16.2. The fourth-order valence-electron chi connectivity index (χ4n) is 3.23. The Bertz CT molecular complexity index is 1080. The lowest BCUT2D eigenvalue weighted by Crippen LogP contribution is -2.25. The van der Waals surface area contributed by atoms with Crippen LogP contribution in [0.5, 0.6) is 5.75 Å². The molecule has 0 aliphatic carbocycles. The molecule has 0 saturated heterocycles. The third kappa shape index (κ3) is 3.91. The number of nitrogens with zero attached hydrogens (tertiary/aromatic N) is 1. The third-order valence-electron chi connectivity index (χ3n) is 4.33. The van der Waals surface area contributed by atoms with E-state index >= 15 is 0 Å². The van der Waals surface area contributed by atoms with E-state index < -0.39 is 23.3 Å². The van der Waals surface area contributed by atoms with Crippen molar-refractivity contribution < 1.29 is 23.8 Å². The maximum absolute atomic E-state index is 13.6. The van der Waals surface area contributed by atoms with E-state index in [9.17, 15) is 19.1 Å². The van der Waals surface area contributed by atoms with E-state index in [1.54, 1.807) is 33.8 Å². The van der Waals surface area contributed by atoms with Gasteiger partial charge in [0, 0.05) is 16.6 Å². The van der Waals surface area contributed by atoms with Gasteiger partial charge in [-0.05, 0) is 69.7 Å². The smallest absolute Gasteiger partial charge is 0.310 e. The highest BCUT2D eigenvalue weighted by molar-refractivity contribution is 6.05. The van der Waals surface area contributed by atoms with Gasteiger partial charge in [0.25, 0.3) is 5.91 Å². The molecular weight excluding hydrogens is 361 g/mol. The molecule has 6 heteroatoms. The number of hydrogen-bond acceptors (Lipinski definition) is 4. The minimum atomic E-state index is -0.636. The van der Waals surface area contributed by atoms with Crippen LogP contribution in [0.2, 0.25) is 0 Å². The highest BCUT2D eigenvalue weighted by Gasteiger charge is 2.24. The molecule has 1 N–H and O–H groups in total. The number of aromatic hydroxyl groups is 1. The Balaban J connectivity index is 2.13. The Kier molecular flexibility index (Phi) is 4.98. The zero-order valence-corrected chi connectivity index (χ0v) is 16.2. The molecule has 5 nitrogen and oxygen atoms in total. The Labute approximate surface area is 162 Å². The van der Waals surface area contributed by atoms with E-state index in [2.05, 4.69) is 0 Å². The molecule has 1 heterocycles. The van der Waals surface area contributed by atoms with Crippen molar-refractivity contribution in [1.82, 2.24) is 4.57 Å². The minimum Gasteiger partial charge on any atom is -0.508 e. The van der Waals surface area contributed by atoms with Crippen molar-refractivity contribution in [3.8, 4) is 5.75 Å². The second-order valence-electron chi connectivity index (χ2n) is 7.68. The third-order valence-corrected chi connectivity index (χ3v) is 4.33. The topological polar surface area (TPSA) is 68.5 Å². The first kappa shape index (κ1) is 19.6. The molecule has 1 aromatic heterocycles. The van der Waals surface area contributed by atoms with Gasteiger partial charge in [-0.3, -0.25) is 14.2 Å². The minimum absolute atomic E-state index is 0.0216. The van der Waals surface area contributed by atoms with E-state index in [-0.39, 0.29) is 17.7 Å². The molecule has 0 bridgehead atoms. The molecule has 0 unspecified atom stereocenters. The number of benzene rings is 2. The second kappa shape index (κ2) is 7.11. The van der Waals surface area contributed by atoms with Crippen LogP contribution in [-0.2, 0) is 16.0 Å². The number of hydrogen-bond donors (Lipinski definition) is 1. The van der Waals surface area contributed by atoms with Crippen molar-refractivity contribution in [2.24, 2.45) is 0 Å². The quantitative estimate of drug-likeness (QED) is 0.682. The largest absolute Gasteiger partial charge is 0.508 e. The number of phenols is 1. The molecule has 0 amide bonds. The van der Waals surface area contributed by atoms with Crippen molar-refractivity contribution in [1.29, 1.82) is 0 Å². The first-order valence-electron chi connectivity index (χ1n) is 8.92. The SMILES string of the molecule is Cc1c(CC(=O)OC(C)(C)C)c2cc(O)ccc2n1C(=O)c1cccc(F)c1. The van der Waals surface area contributed by atoms with Crippen LogP contribution in [0.25, 0.3) is 10.9 Å². The van der Waals surface area contributed by atoms with Crippen LogP contribution in [0, 0.1) is 12.7 Å². The van der Waals surface area contributed by atoms with E-state index in [1.165, 1.54) is 41.0 Å². The lowest BCUT2D eigenvalue weighted by Gasteiger charge is -2.19. The van der Waals surface area contributed by atoms with Gasteiger partial charge in [-0.25, -0.2) is 4.39 Å². The molecule has 0 atom stereocenters. The Morgan fingerprint density at radius 1 is 1.14 bits per heavy atom. The maximum atomic E-state index is 13.6. The molecule has 0 aliphatic heterocycles. The van der Waals surface area contributed by atoms with Crippen LogP contribution in [0.1, 0.15) is 42.4 Å². The average molecular weight is 383 g/mol. The Morgan fingerprint density at radius 2 is 1.86 bits per heavy atom. The summed E-state index contributed by atoms with van der Waals surface area (Å²) in [6, 6.07) is 10.0. The van der Waals surface area contributed by atoms with Crippen LogP contribution in [0.4, 0.5) is 4.39 Å². The molecule has 28 heavy (non-hydrogen) atoms. The van der Waals surface area contributed by atoms with Gasteiger partial charge in [-0.1, -0.05) is 6.07 Å². The molecule has 0 aliphatic rings. The predicted molar refractivity (Wildman–Crippen MR) is 104 cm³/mol. The van der Waals surface area contributed by atoms with E-state index in [0.717, 1.165) is 0 Å². The predicted octanol–water partition coefficient (Wildman–Crippen LogP) is 4.37. The highest BCUT2D eigenvalue weighted by Crippen LogP contribution is 2.30. The summed E-state index contributed by atoms with van der Waals surface area (Å²) in [5.41, 5.74) is 1.22. The molecule has 0 fully saturated rings. The number of halogens is 1. The van der Waals surface area contributed by atoms with Gasteiger partial charge in [0.15, 0.2) is 0 Å². The van der Waals surface area contributed by atoms with E-state index in [0.29, 0.717) is 22.2 Å². The van der Waals surface area contributed by atoms with Gasteiger partial charge < -0.3 is 9.84 Å². The maximum Gasteiger partial charge on any atom is 0.310 e. The van der Waals surface area contributed by atoms with Gasteiger partial charge in [-0.2, -0.15) is 0 Å². The number of aromatic nitrogens is 1. The highest BCUT2D eigenvalue weighted by atomic mass is 19.1. The molecule has 146 valence electrons. The summed E-state index contributed by atoms with van der Waals surface area (Å²) in [5.74, 6) is -1.33. The lowest BCUT2D eigenvalue weighted by molar-refractivity contribution is -0.153. The van der Waals surface area contributed by atoms with Crippen molar-refractivity contribution in [2.45, 2.75) is 39.7 Å². The number of ether oxygens (including phenoxy) is 1. The summed E-state index contributed by atoms with van der Waals surface area (Å²) in [6.45, 7) is 7.05. The van der Waals surface area contributed by atoms with Crippen LogP contribution >= 0.6 is 0 Å². The summed E-state index contributed by atoms with van der Waals surface area (Å²) >= 11 is 0. The van der Waals surface area contributed by atoms with Crippen molar-refractivity contribution in [3.05, 3.63) is 65.1 Å².